The average Bonchev–Trinajstić information content (AvgIpc) is 2.38. The van der Waals surface area contributed by atoms with Crippen molar-refractivity contribution in [2.75, 3.05) is 5.06 Å². The van der Waals surface area contributed by atoms with Crippen molar-refractivity contribution in [3.8, 4) is 5.75 Å². The van der Waals surface area contributed by atoms with Gasteiger partial charge in [-0.1, -0.05) is 30.3 Å². The number of carbonyl (C=O) groups is 1. The number of hydroxylamine groups is 1. The maximum Gasteiger partial charge on any atom is 0.256 e. The summed E-state index contributed by atoms with van der Waals surface area (Å²) in [6.45, 7) is 1.46. The summed E-state index contributed by atoms with van der Waals surface area (Å²) >= 11 is 0. The smallest absolute Gasteiger partial charge is 0.256 e. The second-order valence-electron chi connectivity index (χ2n) is 3.48. The Hall–Kier alpha value is -2.29. The molecule has 17 heavy (non-hydrogen) atoms. The maximum atomic E-state index is 11.5. The normalized spacial score (nSPS) is 9.71. The van der Waals surface area contributed by atoms with E-state index in [1.165, 1.54) is 12.0 Å². The first kappa shape index (κ1) is 11.2. The lowest BCUT2D eigenvalue weighted by Gasteiger charge is -2.20. The summed E-state index contributed by atoms with van der Waals surface area (Å²) in [5.41, 5.74) is 0.681. The molecule has 2 rings (SSSR count). The Bertz CT molecular complexity index is 482. The van der Waals surface area contributed by atoms with Crippen LogP contribution in [0.3, 0.4) is 0 Å². The molecule has 0 unspecified atom stereocenters. The van der Waals surface area contributed by atoms with Crippen LogP contribution in [0.15, 0.2) is 54.6 Å². The molecule has 0 bridgehead atoms. The van der Waals surface area contributed by atoms with E-state index in [-0.39, 0.29) is 5.91 Å². The molecule has 0 aliphatic heterocycles. The highest BCUT2D eigenvalue weighted by Crippen LogP contribution is 2.17. The molecule has 0 aliphatic rings. The molecule has 0 saturated heterocycles. The van der Waals surface area contributed by atoms with Gasteiger partial charge in [0.15, 0.2) is 5.75 Å². The summed E-state index contributed by atoms with van der Waals surface area (Å²) in [6.07, 6.45) is 0. The van der Waals surface area contributed by atoms with E-state index in [0.29, 0.717) is 11.4 Å². The molecule has 3 nitrogen and oxygen atoms in total. The highest BCUT2D eigenvalue weighted by atomic mass is 16.7. The number of hydrogen-bond donors (Lipinski definition) is 0. The topological polar surface area (TPSA) is 29.5 Å². The molecule has 0 aliphatic carbocycles. The van der Waals surface area contributed by atoms with Crippen molar-refractivity contribution in [1.29, 1.82) is 0 Å². The first-order valence-electron chi connectivity index (χ1n) is 5.27. The summed E-state index contributed by atoms with van der Waals surface area (Å²) in [7, 11) is 0. The minimum Gasteiger partial charge on any atom is -0.372 e. The minimum absolute atomic E-state index is 0.181. The molecule has 0 N–H and O–H groups in total. The molecule has 2 aromatic rings. The third-order valence-electron chi connectivity index (χ3n) is 2.16. The second kappa shape index (κ2) is 5.16. The molecule has 1 amide bonds. The van der Waals surface area contributed by atoms with Gasteiger partial charge in [0.2, 0.25) is 0 Å². The molecule has 3 heteroatoms. The monoisotopic (exact) mass is 226 g/mol. The van der Waals surface area contributed by atoms with Gasteiger partial charge in [-0.2, -0.15) is 0 Å². The fourth-order valence-electron chi connectivity index (χ4n) is 1.40. The largest absolute Gasteiger partial charge is 0.372 e. The first-order chi connectivity index (χ1) is 8.27. The lowest BCUT2D eigenvalue weighted by atomic mass is 10.3. The van der Waals surface area contributed by atoms with E-state index in [9.17, 15) is 4.79 Å². The van der Waals surface area contributed by atoms with E-state index in [2.05, 4.69) is 6.07 Å². The lowest BCUT2D eigenvalue weighted by Crippen LogP contribution is -2.31. The zero-order chi connectivity index (χ0) is 12.1. The van der Waals surface area contributed by atoms with Gasteiger partial charge in [0, 0.05) is 6.92 Å². The van der Waals surface area contributed by atoms with Crippen LogP contribution in [0.1, 0.15) is 6.92 Å². The third-order valence-corrected chi connectivity index (χ3v) is 2.16. The molecular formula is C14H12NO2. The summed E-state index contributed by atoms with van der Waals surface area (Å²) in [4.78, 5) is 17.1. The Balaban J connectivity index is 2.23. The standard InChI is InChI=1S/C14H12NO2/c1-12(16)15(13-8-4-2-5-9-13)17-14-10-6-3-7-11-14/h3-11H,1H3. The van der Waals surface area contributed by atoms with Crippen molar-refractivity contribution in [2.24, 2.45) is 0 Å². The Morgan fingerprint density at radius 1 is 1.12 bits per heavy atom. The maximum absolute atomic E-state index is 11.5. The van der Waals surface area contributed by atoms with Gasteiger partial charge in [0.25, 0.3) is 5.91 Å². The number of amides is 1. The lowest BCUT2D eigenvalue weighted by molar-refractivity contribution is -0.120. The molecule has 2 aromatic carbocycles. The predicted molar refractivity (Wildman–Crippen MR) is 65.5 cm³/mol. The summed E-state index contributed by atoms with van der Waals surface area (Å²) in [5, 5.41) is 1.25. The zero-order valence-corrected chi connectivity index (χ0v) is 9.46. The van der Waals surface area contributed by atoms with E-state index in [1.807, 2.05) is 18.2 Å². The minimum atomic E-state index is -0.181. The van der Waals surface area contributed by atoms with Crippen LogP contribution in [0.2, 0.25) is 0 Å². The van der Waals surface area contributed by atoms with Crippen molar-refractivity contribution >= 4 is 11.6 Å². The van der Waals surface area contributed by atoms with Crippen molar-refractivity contribution in [3.05, 3.63) is 60.7 Å². The quantitative estimate of drug-likeness (QED) is 0.753. The van der Waals surface area contributed by atoms with Gasteiger partial charge in [-0.15, -0.1) is 5.06 Å². The Morgan fingerprint density at radius 2 is 1.76 bits per heavy atom. The summed E-state index contributed by atoms with van der Waals surface area (Å²) in [5.74, 6) is 0.440. The van der Waals surface area contributed by atoms with E-state index in [0.717, 1.165) is 0 Å². The van der Waals surface area contributed by atoms with Gasteiger partial charge in [-0.05, 0) is 30.3 Å². The van der Waals surface area contributed by atoms with Crippen molar-refractivity contribution in [3.63, 3.8) is 0 Å². The molecule has 0 fully saturated rings. The van der Waals surface area contributed by atoms with Crippen LogP contribution in [0.4, 0.5) is 5.69 Å². The molecule has 0 atom stereocenters. The van der Waals surface area contributed by atoms with E-state index in [1.54, 1.807) is 36.4 Å². The number of benzene rings is 2. The first-order valence-corrected chi connectivity index (χ1v) is 5.27. The number of rotatable bonds is 3. The second-order valence-corrected chi connectivity index (χ2v) is 3.48. The van der Waals surface area contributed by atoms with Gasteiger partial charge in [0.1, 0.15) is 0 Å². The van der Waals surface area contributed by atoms with E-state index < -0.39 is 0 Å². The zero-order valence-electron chi connectivity index (χ0n) is 9.46. The highest BCUT2D eigenvalue weighted by molar-refractivity contribution is 5.89. The van der Waals surface area contributed by atoms with Crippen LogP contribution in [-0.4, -0.2) is 5.91 Å². The molecule has 0 spiro atoms. The molecule has 1 radical (unpaired) electrons. The Kier molecular flexibility index (Phi) is 3.40. The number of anilines is 1. The number of para-hydroxylation sites is 1. The highest BCUT2D eigenvalue weighted by Gasteiger charge is 2.12. The van der Waals surface area contributed by atoms with Gasteiger partial charge in [0.05, 0.1) is 5.69 Å². The Morgan fingerprint density at radius 3 is 2.35 bits per heavy atom. The summed E-state index contributed by atoms with van der Waals surface area (Å²) < 4.78 is 0. The average molecular weight is 226 g/mol. The van der Waals surface area contributed by atoms with Crippen molar-refractivity contribution < 1.29 is 9.63 Å². The SMILES string of the molecule is CC(=O)N(Oc1ccccc1)c1cc[c]cc1. The number of hydrogen-bond acceptors (Lipinski definition) is 2. The third kappa shape index (κ3) is 2.84. The van der Waals surface area contributed by atoms with Crippen molar-refractivity contribution in [1.82, 2.24) is 0 Å². The van der Waals surface area contributed by atoms with Crippen LogP contribution in [0, 0.1) is 6.07 Å². The van der Waals surface area contributed by atoms with Gasteiger partial charge >= 0.3 is 0 Å². The predicted octanol–water partition coefficient (Wildman–Crippen LogP) is 2.83. The van der Waals surface area contributed by atoms with Gasteiger partial charge in [-0.25, -0.2) is 0 Å². The molecule has 0 aromatic heterocycles. The molecular weight excluding hydrogens is 214 g/mol. The number of nitrogens with zero attached hydrogens (tertiary/aromatic N) is 1. The van der Waals surface area contributed by atoms with Gasteiger partial charge in [-0.3, -0.25) is 4.79 Å². The molecule has 85 valence electrons. The van der Waals surface area contributed by atoms with Crippen LogP contribution in [0.5, 0.6) is 5.75 Å². The molecule has 0 saturated carbocycles. The summed E-state index contributed by atoms with van der Waals surface area (Å²) in [6, 6.07) is 19.1. The van der Waals surface area contributed by atoms with Crippen LogP contribution in [0.25, 0.3) is 0 Å². The van der Waals surface area contributed by atoms with Crippen LogP contribution >= 0.6 is 0 Å². The molecule has 0 heterocycles. The van der Waals surface area contributed by atoms with Crippen molar-refractivity contribution in [2.45, 2.75) is 6.92 Å². The fraction of sp³-hybridized carbons (Fsp3) is 0.0714. The van der Waals surface area contributed by atoms with Crippen LogP contribution in [-0.2, 0) is 4.79 Å². The Labute approximate surface area is 100 Å². The number of carbonyl (C=O) groups excluding carboxylic acids is 1. The van der Waals surface area contributed by atoms with E-state index >= 15 is 0 Å². The van der Waals surface area contributed by atoms with Crippen LogP contribution < -0.4 is 9.90 Å². The van der Waals surface area contributed by atoms with Gasteiger partial charge < -0.3 is 4.84 Å². The van der Waals surface area contributed by atoms with E-state index in [4.69, 9.17) is 4.84 Å². The fourth-order valence-corrected chi connectivity index (χ4v) is 1.40.